The number of aryl methyl sites for hydroxylation is 1. The summed E-state index contributed by atoms with van der Waals surface area (Å²) in [6, 6.07) is 6.77. The van der Waals surface area contributed by atoms with Gasteiger partial charge in [0.2, 0.25) is 5.91 Å². The fourth-order valence-electron chi connectivity index (χ4n) is 4.92. The van der Waals surface area contributed by atoms with Crippen molar-refractivity contribution < 1.29 is 13.2 Å². The molecule has 0 unspecified atom stereocenters. The molecule has 1 saturated heterocycles. The SMILES string of the molecule is O=C(CCS(=O)(=O)c1cc2cc(Cl)ccc2[nH]1)N1CCC(c2cnc3n2CCCC3)CC1. The number of aromatic nitrogens is 3. The van der Waals surface area contributed by atoms with Crippen LogP contribution in [0.1, 0.15) is 49.5 Å². The predicted octanol–water partition coefficient (Wildman–Crippen LogP) is 3.92. The minimum absolute atomic E-state index is 0.00873. The van der Waals surface area contributed by atoms with Gasteiger partial charge in [-0.2, -0.15) is 0 Å². The Kier molecular flexibility index (Phi) is 5.75. The average molecular weight is 475 g/mol. The molecule has 1 N–H and O–H groups in total. The van der Waals surface area contributed by atoms with Crippen LogP contribution in [0, 0.1) is 0 Å². The van der Waals surface area contributed by atoms with Gasteiger partial charge in [-0.05, 0) is 49.9 Å². The van der Waals surface area contributed by atoms with Gasteiger partial charge in [0.05, 0.1) is 5.75 Å². The van der Waals surface area contributed by atoms with Crippen LogP contribution in [0.15, 0.2) is 35.5 Å². The number of rotatable bonds is 5. The monoisotopic (exact) mass is 474 g/mol. The van der Waals surface area contributed by atoms with Crippen LogP contribution in [0.2, 0.25) is 5.02 Å². The number of H-pyrrole nitrogens is 1. The Labute approximate surface area is 192 Å². The quantitative estimate of drug-likeness (QED) is 0.607. The van der Waals surface area contributed by atoms with Crippen molar-refractivity contribution >= 4 is 38.2 Å². The molecular formula is C23H27ClN4O3S. The van der Waals surface area contributed by atoms with Gasteiger partial charge >= 0.3 is 0 Å². The first-order valence-corrected chi connectivity index (χ1v) is 13.3. The maximum atomic E-state index is 12.8. The highest BCUT2D eigenvalue weighted by Crippen LogP contribution is 2.31. The Morgan fingerprint density at radius 1 is 1.16 bits per heavy atom. The van der Waals surface area contributed by atoms with Gasteiger partial charge in [-0.3, -0.25) is 4.79 Å². The van der Waals surface area contributed by atoms with Gasteiger partial charge in [0, 0.05) is 66.2 Å². The lowest BCUT2D eigenvalue weighted by Crippen LogP contribution is -2.39. The van der Waals surface area contributed by atoms with Gasteiger partial charge in [0.25, 0.3) is 0 Å². The van der Waals surface area contributed by atoms with Crippen molar-refractivity contribution in [1.29, 1.82) is 0 Å². The second kappa shape index (κ2) is 8.56. The van der Waals surface area contributed by atoms with E-state index < -0.39 is 9.84 Å². The maximum absolute atomic E-state index is 12.8. The zero-order valence-electron chi connectivity index (χ0n) is 17.9. The molecule has 32 heavy (non-hydrogen) atoms. The summed E-state index contributed by atoms with van der Waals surface area (Å²) < 4.78 is 27.9. The molecule has 2 aliphatic heterocycles. The fraction of sp³-hybridized carbons (Fsp3) is 0.478. The number of fused-ring (bicyclic) bond motifs is 2. The minimum atomic E-state index is -3.58. The van der Waals surface area contributed by atoms with Gasteiger partial charge in [-0.1, -0.05) is 11.6 Å². The lowest BCUT2D eigenvalue weighted by molar-refractivity contribution is -0.131. The van der Waals surface area contributed by atoms with E-state index >= 15 is 0 Å². The van der Waals surface area contributed by atoms with E-state index in [1.165, 1.54) is 24.4 Å². The predicted molar refractivity (Wildman–Crippen MR) is 124 cm³/mol. The first kappa shape index (κ1) is 21.5. The maximum Gasteiger partial charge on any atom is 0.223 e. The zero-order chi connectivity index (χ0) is 22.3. The standard InChI is InChI=1S/C23H27ClN4O3S/c24-18-4-5-19-17(13-18)14-22(26-19)32(30,31)12-8-23(29)27-10-6-16(7-11-27)20-15-25-21-3-1-2-9-28(20)21/h4-5,13-16,26H,1-3,6-12H2. The van der Waals surface area contributed by atoms with Crippen LogP contribution in [-0.4, -0.2) is 52.6 Å². The zero-order valence-corrected chi connectivity index (χ0v) is 19.5. The third-order valence-corrected chi connectivity index (χ3v) is 8.61. The molecule has 0 aliphatic carbocycles. The van der Waals surface area contributed by atoms with Crippen molar-refractivity contribution in [3.63, 3.8) is 0 Å². The number of nitrogens with zero attached hydrogens (tertiary/aromatic N) is 3. The highest BCUT2D eigenvalue weighted by molar-refractivity contribution is 7.91. The van der Waals surface area contributed by atoms with Crippen molar-refractivity contribution in [3.8, 4) is 0 Å². The molecule has 1 amide bonds. The number of hydrogen-bond acceptors (Lipinski definition) is 4. The van der Waals surface area contributed by atoms with E-state index in [-0.39, 0.29) is 23.1 Å². The second-order valence-corrected chi connectivity index (χ2v) is 11.3. The fourth-order valence-corrected chi connectivity index (χ4v) is 6.34. The Hall–Kier alpha value is -2.32. The topological polar surface area (TPSA) is 88.1 Å². The van der Waals surface area contributed by atoms with Crippen LogP contribution in [-0.2, 0) is 27.6 Å². The normalized spacial score (nSPS) is 17.6. The van der Waals surface area contributed by atoms with E-state index in [0.29, 0.717) is 29.5 Å². The third-order valence-electron chi connectivity index (χ3n) is 6.74. The molecule has 0 saturated carbocycles. The second-order valence-electron chi connectivity index (χ2n) is 8.80. The summed E-state index contributed by atoms with van der Waals surface area (Å²) in [5.74, 6) is 1.30. The number of carbonyl (C=O) groups excluding carboxylic acids is 1. The summed E-state index contributed by atoms with van der Waals surface area (Å²) in [7, 11) is -3.58. The van der Waals surface area contributed by atoms with Gasteiger partial charge in [0.15, 0.2) is 9.84 Å². The van der Waals surface area contributed by atoms with Gasteiger partial charge < -0.3 is 14.5 Å². The summed E-state index contributed by atoms with van der Waals surface area (Å²) in [6.45, 7) is 2.37. The molecule has 0 atom stereocenters. The molecule has 3 aromatic rings. The molecule has 2 aliphatic rings. The van der Waals surface area contributed by atoms with E-state index in [4.69, 9.17) is 11.6 Å². The van der Waals surface area contributed by atoms with E-state index in [9.17, 15) is 13.2 Å². The highest BCUT2D eigenvalue weighted by Gasteiger charge is 2.28. The largest absolute Gasteiger partial charge is 0.346 e. The van der Waals surface area contributed by atoms with Crippen LogP contribution in [0.25, 0.3) is 10.9 Å². The number of halogens is 1. The molecule has 4 heterocycles. The molecule has 1 aromatic carbocycles. The smallest absolute Gasteiger partial charge is 0.223 e. The van der Waals surface area contributed by atoms with Crippen molar-refractivity contribution in [2.24, 2.45) is 0 Å². The number of benzene rings is 1. The number of sulfone groups is 1. The van der Waals surface area contributed by atoms with Crippen LogP contribution in [0.3, 0.4) is 0 Å². The first-order chi connectivity index (χ1) is 15.4. The molecule has 7 nitrogen and oxygen atoms in total. The first-order valence-electron chi connectivity index (χ1n) is 11.2. The van der Waals surface area contributed by atoms with E-state index in [0.717, 1.165) is 31.2 Å². The Morgan fingerprint density at radius 2 is 1.97 bits per heavy atom. The number of aromatic amines is 1. The summed E-state index contributed by atoms with van der Waals surface area (Å²) >= 11 is 5.99. The lowest BCUT2D eigenvalue weighted by Gasteiger charge is -2.33. The number of likely N-dealkylation sites (tertiary alicyclic amines) is 1. The number of carbonyl (C=O) groups is 1. The molecule has 2 aromatic heterocycles. The van der Waals surface area contributed by atoms with Crippen molar-refractivity contribution in [2.75, 3.05) is 18.8 Å². The lowest BCUT2D eigenvalue weighted by atomic mass is 9.93. The van der Waals surface area contributed by atoms with E-state index in [1.54, 1.807) is 24.3 Å². The summed E-state index contributed by atoms with van der Waals surface area (Å²) in [5.41, 5.74) is 2.01. The van der Waals surface area contributed by atoms with Crippen molar-refractivity contribution in [2.45, 2.75) is 56.0 Å². The molecule has 0 spiro atoms. The van der Waals surface area contributed by atoms with Crippen LogP contribution in [0.4, 0.5) is 0 Å². The molecule has 1 fully saturated rings. The van der Waals surface area contributed by atoms with Gasteiger partial charge in [-0.25, -0.2) is 13.4 Å². The average Bonchev–Trinajstić information content (AvgIpc) is 3.42. The molecule has 0 radical (unpaired) electrons. The Balaban J connectivity index is 1.18. The number of imidazole rings is 1. The third kappa shape index (κ3) is 4.18. The highest BCUT2D eigenvalue weighted by atomic mass is 35.5. The van der Waals surface area contributed by atoms with E-state index in [1.807, 2.05) is 11.1 Å². The van der Waals surface area contributed by atoms with Crippen LogP contribution in [0.5, 0.6) is 0 Å². The molecule has 9 heteroatoms. The van der Waals surface area contributed by atoms with Crippen molar-refractivity contribution in [3.05, 3.63) is 47.0 Å². The van der Waals surface area contributed by atoms with Gasteiger partial charge in [0.1, 0.15) is 10.9 Å². The molecule has 0 bridgehead atoms. The molecule has 5 rings (SSSR count). The summed E-state index contributed by atoms with van der Waals surface area (Å²) in [5, 5.41) is 1.42. The van der Waals surface area contributed by atoms with Gasteiger partial charge in [-0.15, -0.1) is 0 Å². The van der Waals surface area contributed by atoms with E-state index in [2.05, 4.69) is 14.5 Å². The molecular weight excluding hydrogens is 448 g/mol. The van der Waals surface area contributed by atoms with Crippen molar-refractivity contribution in [1.82, 2.24) is 19.4 Å². The molecule has 170 valence electrons. The summed E-state index contributed by atoms with van der Waals surface area (Å²) in [4.78, 5) is 22.1. The van der Waals surface area contributed by atoms with Crippen LogP contribution < -0.4 is 0 Å². The number of piperidine rings is 1. The summed E-state index contributed by atoms with van der Waals surface area (Å²) in [6.07, 6.45) is 7.26. The number of amides is 1. The minimum Gasteiger partial charge on any atom is -0.346 e. The Bertz CT molecular complexity index is 1260. The number of hydrogen-bond donors (Lipinski definition) is 1. The number of nitrogens with one attached hydrogen (secondary N) is 1. The Morgan fingerprint density at radius 3 is 2.78 bits per heavy atom. The van der Waals surface area contributed by atoms with Crippen LogP contribution >= 0.6 is 11.6 Å².